The Morgan fingerprint density at radius 1 is 1.06 bits per heavy atom. The fourth-order valence-electron chi connectivity index (χ4n) is 4.64. The fraction of sp³-hybridized carbons (Fsp3) is 0.273. The highest BCUT2D eigenvalue weighted by molar-refractivity contribution is 7.90. The van der Waals surface area contributed by atoms with Crippen molar-refractivity contribution in [1.29, 1.82) is 0 Å². The van der Waals surface area contributed by atoms with Crippen LogP contribution >= 0.6 is 0 Å². The number of anilines is 2. The number of carbonyl (C=O) groups is 1. The molecule has 1 fully saturated rings. The van der Waals surface area contributed by atoms with Crippen molar-refractivity contribution < 1.29 is 17.7 Å². The topological polar surface area (TPSA) is 122 Å². The molecule has 0 bridgehead atoms. The first-order chi connectivity index (χ1) is 15.4. The van der Waals surface area contributed by atoms with Gasteiger partial charge >= 0.3 is 6.03 Å². The third-order valence-electron chi connectivity index (χ3n) is 6.32. The lowest BCUT2D eigenvalue weighted by molar-refractivity contribution is 0.173. The van der Waals surface area contributed by atoms with E-state index in [-0.39, 0.29) is 17.3 Å². The van der Waals surface area contributed by atoms with Gasteiger partial charge in [-0.25, -0.2) is 9.93 Å². The zero-order valence-electron chi connectivity index (χ0n) is 17.3. The first-order valence-corrected chi connectivity index (χ1v) is 11.8. The molecule has 1 saturated heterocycles. The van der Waals surface area contributed by atoms with E-state index in [2.05, 4.69) is 10.5 Å². The van der Waals surface area contributed by atoms with Crippen LogP contribution in [0.1, 0.15) is 18.4 Å². The molecule has 0 unspecified atom stereocenters. The fourth-order valence-corrected chi connectivity index (χ4v) is 5.50. The summed E-state index contributed by atoms with van der Waals surface area (Å²) < 4.78 is 30.8. The smallest absolute Gasteiger partial charge is 0.324 e. The quantitative estimate of drug-likeness (QED) is 0.631. The Bertz CT molecular complexity index is 1250. The number of piperidine rings is 1. The summed E-state index contributed by atoms with van der Waals surface area (Å²) in [4.78, 5) is 14.5. The normalized spacial score (nSPS) is 17.4. The summed E-state index contributed by atoms with van der Waals surface area (Å²) in [5, 5.41) is 12.2. The number of nitrogens with two attached hydrogens (primary N) is 1. The number of fused-ring (bicyclic) bond motifs is 2. The summed E-state index contributed by atoms with van der Waals surface area (Å²) >= 11 is 0. The van der Waals surface area contributed by atoms with Crippen LogP contribution in [-0.2, 0) is 15.6 Å². The number of nitrogens with zero attached hydrogens (tertiary/aromatic N) is 3. The molecule has 0 atom stereocenters. The first kappa shape index (κ1) is 20.5. The summed E-state index contributed by atoms with van der Waals surface area (Å²) in [6.07, 6.45) is 1.27. The Morgan fingerprint density at radius 3 is 2.47 bits per heavy atom. The maximum atomic E-state index is 12.8. The molecule has 0 radical (unpaired) electrons. The van der Waals surface area contributed by atoms with Crippen molar-refractivity contribution in [3.8, 4) is 11.3 Å². The lowest BCUT2D eigenvalue weighted by atomic mass is 9.74. The van der Waals surface area contributed by atoms with E-state index < -0.39 is 10.2 Å². The lowest BCUT2D eigenvalue weighted by Gasteiger charge is -2.39. The zero-order valence-corrected chi connectivity index (χ0v) is 18.1. The molecule has 0 saturated carbocycles. The third kappa shape index (κ3) is 3.61. The zero-order chi connectivity index (χ0) is 22.3. The predicted molar refractivity (Wildman–Crippen MR) is 120 cm³/mol. The number of benzene rings is 2. The van der Waals surface area contributed by atoms with Gasteiger partial charge in [-0.3, -0.25) is 9.62 Å². The second-order valence-electron chi connectivity index (χ2n) is 8.21. The average molecular weight is 454 g/mol. The van der Waals surface area contributed by atoms with Crippen LogP contribution in [0, 0.1) is 0 Å². The van der Waals surface area contributed by atoms with E-state index in [0.717, 1.165) is 11.1 Å². The molecule has 3 N–H and O–H groups in total. The van der Waals surface area contributed by atoms with Crippen molar-refractivity contribution in [3.63, 3.8) is 0 Å². The van der Waals surface area contributed by atoms with Crippen LogP contribution in [-0.4, -0.2) is 44.1 Å². The molecule has 9 nitrogen and oxygen atoms in total. The van der Waals surface area contributed by atoms with Crippen molar-refractivity contribution in [2.75, 3.05) is 29.3 Å². The Morgan fingerprint density at radius 2 is 1.75 bits per heavy atom. The first-order valence-electron chi connectivity index (χ1n) is 10.3. The number of urea groups is 1. The van der Waals surface area contributed by atoms with E-state index >= 15 is 0 Å². The van der Waals surface area contributed by atoms with Crippen LogP contribution in [0.4, 0.5) is 16.4 Å². The van der Waals surface area contributed by atoms with Crippen molar-refractivity contribution in [2.45, 2.75) is 18.3 Å². The van der Waals surface area contributed by atoms with Crippen LogP contribution < -0.4 is 14.8 Å². The minimum absolute atomic E-state index is 0.273. The Hall–Kier alpha value is -3.37. The number of rotatable bonds is 3. The van der Waals surface area contributed by atoms with E-state index in [0.29, 0.717) is 43.9 Å². The molecular formula is C22H23N5O4S. The van der Waals surface area contributed by atoms with E-state index in [4.69, 9.17) is 9.66 Å². The van der Waals surface area contributed by atoms with Gasteiger partial charge in [0.1, 0.15) is 5.69 Å². The molecule has 10 heteroatoms. The van der Waals surface area contributed by atoms with Crippen molar-refractivity contribution >= 4 is 27.8 Å². The van der Waals surface area contributed by atoms with Crippen molar-refractivity contribution in [1.82, 2.24) is 10.1 Å². The van der Waals surface area contributed by atoms with Gasteiger partial charge < -0.3 is 9.42 Å². The van der Waals surface area contributed by atoms with Crippen LogP contribution in [0.25, 0.3) is 11.3 Å². The second-order valence-corrected chi connectivity index (χ2v) is 9.68. The largest absolute Gasteiger partial charge is 0.338 e. The highest BCUT2D eigenvalue weighted by atomic mass is 32.2. The van der Waals surface area contributed by atoms with Gasteiger partial charge in [0, 0.05) is 36.7 Å². The number of hydrogen-bond donors (Lipinski definition) is 2. The maximum absolute atomic E-state index is 12.8. The van der Waals surface area contributed by atoms with Crippen LogP contribution in [0.15, 0.2) is 65.2 Å². The predicted octanol–water partition coefficient (Wildman–Crippen LogP) is 2.93. The minimum Gasteiger partial charge on any atom is -0.338 e. The number of amides is 2. The number of para-hydroxylation sites is 1. The molecule has 1 spiro atoms. The van der Waals surface area contributed by atoms with Crippen LogP contribution in [0.5, 0.6) is 0 Å². The van der Waals surface area contributed by atoms with Crippen molar-refractivity contribution in [2.24, 2.45) is 5.14 Å². The van der Waals surface area contributed by atoms with Crippen molar-refractivity contribution in [3.05, 3.63) is 66.2 Å². The van der Waals surface area contributed by atoms with Gasteiger partial charge in [0.15, 0.2) is 0 Å². The van der Waals surface area contributed by atoms with E-state index in [1.807, 2.05) is 42.5 Å². The highest BCUT2D eigenvalue weighted by Crippen LogP contribution is 2.47. The number of likely N-dealkylation sites (tertiary alicyclic amines) is 1. The highest BCUT2D eigenvalue weighted by Gasteiger charge is 2.47. The Kier molecular flexibility index (Phi) is 4.90. The van der Waals surface area contributed by atoms with Gasteiger partial charge in [0.05, 0.1) is 5.69 Å². The van der Waals surface area contributed by atoms with Gasteiger partial charge in [-0.1, -0.05) is 53.7 Å². The van der Waals surface area contributed by atoms with E-state index in [9.17, 15) is 13.2 Å². The summed E-state index contributed by atoms with van der Waals surface area (Å²) in [6, 6.07) is 18.4. The van der Waals surface area contributed by atoms with Crippen LogP contribution in [0.3, 0.4) is 0 Å². The van der Waals surface area contributed by atoms with E-state index in [1.165, 1.54) is 4.31 Å². The number of aromatic nitrogens is 1. The van der Waals surface area contributed by atoms with Gasteiger partial charge in [-0.15, -0.1) is 0 Å². The number of nitrogens with one attached hydrogen (secondary N) is 1. The van der Waals surface area contributed by atoms with Crippen LogP contribution in [0.2, 0.25) is 0 Å². The summed E-state index contributed by atoms with van der Waals surface area (Å²) in [5.41, 5.74) is 2.78. The molecule has 3 heterocycles. The van der Waals surface area contributed by atoms with Gasteiger partial charge in [0.2, 0.25) is 5.88 Å². The standard InChI is InChI=1S/C22H23N5O4S/c23-32(29,30)27-15-22(17-8-4-5-9-19(17)27)10-12-26(13-11-22)21(28)24-20-14-18(25-31-20)16-6-2-1-3-7-16/h1-9,14H,10-13,15H2,(H,24,28)(H2,23,29,30). The lowest BCUT2D eigenvalue weighted by Crippen LogP contribution is -2.49. The summed E-state index contributed by atoms with van der Waals surface area (Å²) in [7, 11) is -3.86. The molecule has 0 aliphatic carbocycles. The molecule has 3 aromatic rings. The molecule has 166 valence electrons. The summed E-state index contributed by atoms with van der Waals surface area (Å²) in [6.45, 7) is 1.26. The molecule has 5 rings (SSSR count). The van der Waals surface area contributed by atoms with Gasteiger partial charge in [0.25, 0.3) is 10.2 Å². The third-order valence-corrected chi connectivity index (χ3v) is 7.26. The molecule has 2 aliphatic heterocycles. The van der Waals surface area contributed by atoms with Gasteiger partial charge in [-0.05, 0) is 24.5 Å². The summed E-state index contributed by atoms with van der Waals surface area (Å²) in [5.74, 6) is 0.278. The number of carbonyl (C=O) groups excluding carboxylic acids is 1. The molecule has 2 amide bonds. The average Bonchev–Trinajstić information content (AvgIpc) is 3.38. The molecular weight excluding hydrogens is 430 g/mol. The Labute approximate surface area is 186 Å². The second kappa shape index (κ2) is 7.64. The van der Waals surface area contributed by atoms with E-state index in [1.54, 1.807) is 23.1 Å². The maximum Gasteiger partial charge on any atom is 0.324 e. The monoisotopic (exact) mass is 453 g/mol. The SMILES string of the molecule is NS(=O)(=O)N1CC2(CCN(C(=O)Nc3cc(-c4ccccc4)no3)CC2)c2ccccc21. The molecule has 1 aromatic heterocycles. The Balaban J connectivity index is 1.27. The van der Waals surface area contributed by atoms with Gasteiger partial charge in [-0.2, -0.15) is 8.42 Å². The molecule has 2 aromatic carbocycles. The molecule has 32 heavy (non-hydrogen) atoms. The minimum atomic E-state index is -3.86. The molecule has 2 aliphatic rings. The number of hydrogen-bond acceptors (Lipinski definition) is 5.